The number of aromatic amines is 1. The molecule has 0 fully saturated rings. The summed E-state index contributed by atoms with van der Waals surface area (Å²) in [6.07, 6.45) is 17.7. The summed E-state index contributed by atoms with van der Waals surface area (Å²) < 4.78 is 2.13. The second-order valence-electron chi connectivity index (χ2n) is 8.98. The minimum atomic E-state index is 0. The summed E-state index contributed by atoms with van der Waals surface area (Å²) in [5.74, 6) is 1.43. The number of pyridine rings is 1. The van der Waals surface area contributed by atoms with Crippen LogP contribution in [-0.2, 0) is 26.0 Å². The maximum Gasteiger partial charge on any atom is 2.00 e. The van der Waals surface area contributed by atoms with E-state index in [4.69, 9.17) is 5.73 Å². The van der Waals surface area contributed by atoms with Gasteiger partial charge in [0.15, 0.2) is 0 Å². The van der Waals surface area contributed by atoms with Gasteiger partial charge in [-0.1, -0.05) is 64.8 Å². The van der Waals surface area contributed by atoms with E-state index in [1.807, 2.05) is 30.6 Å². The topological polar surface area (TPSA) is 83.2 Å². The van der Waals surface area contributed by atoms with Crippen molar-refractivity contribution < 1.29 is 19.5 Å². The van der Waals surface area contributed by atoms with Crippen LogP contribution in [0.4, 0.5) is 5.82 Å². The number of allylic oxidation sites excluding steroid dienone is 6. The van der Waals surface area contributed by atoms with Gasteiger partial charge in [-0.2, -0.15) is 18.6 Å². The fourth-order valence-electron chi connectivity index (χ4n) is 3.56. The van der Waals surface area contributed by atoms with Crippen molar-refractivity contribution in [2.24, 2.45) is 11.8 Å². The van der Waals surface area contributed by atoms with Crippen LogP contribution in [0.5, 0.6) is 0 Å². The maximum absolute atomic E-state index is 7.95. The van der Waals surface area contributed by atoms with Crippen molar-refractivity contribution in [1.82, 2.24) is 24.5 Å². The van der Waals surface area contributed by atoms with Gasteiger partial charge in [0.1, 0.15) is 0 Å². The number of imidazole rings is 2. The third-order valence-electron chi connectivity index (χ3n) is 5.27. The SMILES string of the molecule is CC(C)Cn1cnc2c([NH-])nc3ccccc3c21.CC1=C[CH-]C=C(C(C)C)C=C1.[Ru+2].c1c[nH]cn1. The first-order valence-corrected chi connectivity index (χ1v) is 11.6. The van der Waals surface area contributed by atoms with Crippen molar-refractivity contribution in [3.63, 3.8) is 0 Å². The zero-order valence-corrected chi connectivity index (χ0v) is 22.7. The largest absolute Gasteiger partial charge is 2.00 e. The van der Waals surface area contributed by atoms with E-state index in [1.54, 1.807) is 18.7 Å². The van der Waals surface area contributed by atoms with Gasteiger partial charge in [-0.05, 0) is 17.3 Å². The Morgan fingerprint density at radius 2 is 1.86 bits per heavy atom. The molecule has 5 rings (SSSR count). The maximum atomic E-state index is 7.95. The van der Waals surface area contributed by atoms with Crippen molar-refractivity contribution in [3.05, 3.63) is 96.9 Å². The molecule has 7 heteroatoms. The van der Waals surface area contributed by atoms with Crippen molar-refractivity contribution in [2.75, 3.05) is 0 Å². The third kappa shape index (κ3) is 7.93. The van der Waals surface area contributed by atoms with Gasteiger partial charge < -0.3 is 20.3 Å². The number of H-pyrrole nitrogens is 1. The van der Waals surface area contributed by atoms with Gasteiger partial charge in [0.05, 0.1) is 23.7 Å². The molecule has 0 bridgehead atoms. The summed E-state index contributed by atoms with van der Waals surface area (Å²) in [4.78, 5) is 15.0. The molecule has 0 amide bonds. The molecule has 6 nitrogen and oxygen atoms in total. The standard InChI is InChI=1S/C14H15N4.C11H15.C3H4N2.Ru/c1-9(2)7-18-8-16-12-13(18)10-5-3-4-6-11(10)17-14(12)15;1-9(2)11-6-4-5-10(3)7-8-11;1-2-5-3-4-1;/h3-6,8-9H,7H2,1-2H3,(H-,15,17);4-9H,1-3H3;1-3H,(H,4,5);/q2*-1;;+2. The Kier molecular flexibility index (Phi) is 10.9. The van der Waals surface area contributed by atoms with Gasteiger partial charge in [0.2, 0.25) is 0 Å². The molecule has 0 saturated heterocycles. The molecule has 0 saturated carbocycles. The van der Waals surface area contributed by atoms with Crippen LogP contribution in [0, 0.1) is 18.3 Å². The van der Waals surface area contributed by atoms with Crippen LogP contribution < -0.4 is 0 Å². The number of fused-ring (bicyclic) bond motifs is 3. The minimum Gasteiger partial charge on any atom is -0.480 e. The molecule has 0 spiro atoms. The Bertz CT molecular complexity index is 1260. The monoisotopic (exact) mass is 556 g/mol. The average molecular weight is 556 g/mol. The molecule has 3 aromatic heterocycles. The van der Waals surface area contributed by atoms with Crippen molar-refractivity contribution in [3.8, 4) is 0 Å². The molecular formula is C28H34N6Ru. The van der Waals surface area contributed by atoms with Gasteiger partial charge in [-0.3, -0.25) is 0 Å². The van der Waals surface area contributed by atoms with E-state index in [-0.39, 0.29) is 25.3 Å². The van der Waals surface area contributed by atoms with Crippen LogP contribution in [0.1, 0.15) is 34.6 Å². The Hall–Kier alpha value is -3.18. The van der Waals surface area contributed by atoms with Crippen LogP contribution in [0.25, 0.3) is 27.7 Å². The van der Waals surface area contributed by atoms with Gasteiger partial charge >= 0.3 is 19.5 Å². The molecule has 184 valence electrons. The molecule has 1 aliphatic rings. The van der Waals surface area contributed by atoms with E-state index in [1.165, 1.54) is 11.1 Å². The number of aromatic nitrogens is 5. The number of hydrogen-bond acceptors (Lipinski definition) is 3. The summed E-state index contributed by atoms with van der Waals surface area (Å²) in [6.45, 7) is 11.8. The Labute approximate surface area is 221 Å². The van der Waals surface area contributed by atoms with E-state index in [2.05, 4.69) is 89.8 Å². The first kappa shape index (κ1) is 28.1. The molecule has 2 N–H and O–H groups in total. The second kappa shape index (κ2) is 13.6. The summed E-state index contributed by atoms with van der Waals surface area (Å²) in [5.41, 5.74) is 13.3. The van der Waals surface area contributed by atoms with Gasteiger partial charge in [0, 0.05) is 24.3 Å². The van der Waals surface area contributed by atoms with Gasteiger partial charge in [0.25, 0.3) is 0 Å². The van der Waals surface area contributed by atoms with E-state index in [0.717, 1.165) is 23.0 Å². The molecule has 1 aromatic carbocycles. The summed E-state index contributed by atoms with van der Waals surface area (Å²) in [5, 5.41) is 1.07. The number of rotatable bonds is 3. The number of benzene rings is 1. The first-order valence-electron chi connectivity index (χ1n) is 11.6. The Morgan fingerprint density at radius 1 is 1.09 bits per heavy atom. The van der Waals surface area contributed by atoms with Crippen LogP contribution in [-0.4, -0.2) is 24.5 Å². The van der Waals surface area contributed by atoms with E-state index >= 15 is 0 Å². The predicted octanol–water partition coefficient (Wildman–Crippen LogP) is 7.62. The first-order chi connectivity index (χ1) is 16.4. The van der Waals surface area contributed by atoms with E-state index in [0.29, 0.717) is 17.4 Å². The molecule has 4 aromatic rings. The summed E-state index contributed by atoms with van der Waals surface area (Å²) in [7, 11) is 0. The minimum absolute atomic E-state index is 0. The van der Waals surface area contributed by atoms with Crippen LogP contribution in [0.15, 0.2) is 84.8 Å². The fraction of sp³-hybridized carbons (Fsp3) is 0.286. The predicted molar refractivity (Wildman–Crippen MR) is 143 cm³/mol. The number of para-hydroxylation sites is 1. The smallest absolute Gasteiger partial charge is 0.480 e. The van der Waals surface area contributed by atoms with E-state index in [9.17, 15) is 0 Å². The second-order valence-corrected chi connectivity index (χ2v) is 8.98. The van der Waals surface area contributed by atoms with Crippen LogP contribution in [0.2, 0.25) is 0 Å². The fourth-order valence-corrected chi connectivity index (χ4v) is 3.56. The Balaban J connectivity index is 0.000000216. The molecule has 0 unspecified atom stereocenters. The van der Waals surface area contributed by atoms with Gasteiger partial charge in [-0.25, -0.2) is 9.97 Å². The third-order valence-corrected chi connectivity index (χ3v) is 5.27. The molecule has 35 heavy (non-hydrogen) atoms. The van der Waals surface area contributed by atoms with Crippen molar-refractivity contribution in [1.29, 1.82) is 0 Å². The molecular weight excluding hydrogens is 521 g/mol. The molecule has 1 aliphatic carbocycles. The quantitative estimate of drug-likeness (QED) is 0.208. The number of nitrogens with zero attached hydrogens (tertiary/aromatic N) is 4. The molecule has 3 heterocycles. The molecule has 0 atom stereocenters. The number of nitrogens with one attached hydrogen (secondary N) is 2. The molecule has 0 aliphatic heterocycles. The normalized spacial score (nSPS) is 12.5. The van der Waals surface area contributed by atoms with Crippen LogP contribution >= 0.6 is 0 Å². The zero-order valence-electron chi connectivity index (χ0n) is 21.0. The summed E-state index contributed by atoms with van der Waals surface area (Å²) in [6, 6.07) is 7.94. The Morgan fingerprint density at radius 3 is 2.49 bits per heavy atom. The zero-order chi connectivity index (χ0) is 24.5. The number of hydrogen-bond donors (Lipinski definition) is 1. The summed E-state index contributed by atoms with van der Waals surface area (Å²) >= 11 is 0. The average Bonchev–Trinajstić information content (AvgIpc) is 3.46. The molecule has 0 radical (unpaired) electrons. The van der Waals surface area contributed by atoms with Crippen molar-refractivity contribution in [2.45, 2.75) is 41.2 Å². The van der Waals surface area contributed by atoms with Crippen molar-refractivity contribution >= 4 is 27.8 Å². The van der Waals surface area contributed by atoms with Crippen LogP contribution in [0.3, 0.4) is 0 Å². The van der Waals surface area contributed by atoms with E-state index < -0.39 is 0 Å². The van der Waals surface area contributed by atoms with Gasteiger partial charge in [-0.15, -0.1) is 23.3 Å².